The van der Waals surface area contributed by atoms with Gasteiger partial charge in [-0.15, -0.1) is 0 Å². The van der Waals surface area contributed by atoms with Gasteiger partial charge in [-0.2, -0.15) is 0 Å². The van der Waals surface area contributed by atoms with E-state index in [-0.39, 0.29) is 5.91 Å². The van der Waals surface area contributed by atoms with Crippen molar-refractivity contribution >= 4 is 22.5 Å². The van der Waals surface area contributed by atoms with Crippen molar-refractivity contribution in [2.24, 2.45) is 7.05 Å². The van der Waals surface area contributed by atoms with Crippen molar-refractivity contribution in [2.45, 2.75) is 0 Å². The predicted molar refractivity (Wildman–Crippen MR) is 72.9 cm³/mol. The van der Waals surface area contributed by atoms with Crippen LogP contribution in [0.25, 0.3) is 10.9 Å². The summed E-state index contributed by atoms with van der Waals surface area (Å²) in [4.78, 5) is 20.0. The van der Waals surface area contributed by atoms with Crippen molar-refractivity contribution < 1.29 is 4.79 Å². The number of benzene rings is 1. The second-order valence-electron chi connectivity index (χ2n) is 4.25. The SMILES string of the molecule is Cn1ccc2cccc(C(=O)Nc3cncnc3)c21. The smallest absolute Gasteiger partial charge is 0.257 e. The van der Waals surface area contributed by atoms with Gasteiger partial charge in [0.05, 0.1) is 29.2 Å². The molecule has 3 rings (SSSR count). The van der Waals surface area contributed by atoms with E-state index in [4.69, 9.17) is 0 Å². The molecular formula is C14H12N4O. The number of aryl methyl sites for hydroxylation is 1. The highest BCUT2D eigenvalue weighted by atomic mass is 16.1. The summed E-state index contributed by atoms with van der Waals surface area (Å²) in [6.45, 7) is 0. The molecule has 19 heavy (non-hydrogen) atoms. The van der Waals surface area contributed by atoms with Crippen molar-refractivity contribution in [3.8, 4) is 0 Å². The third kappa shape index (κ3) is 2.06. The predicted octanol–water partition coefficient (Wildman–Crippen LogP) is 2.22. The Hall–Kier alpha value is -2.69. The average molecular weight is 252 g/mol. The van der Waals surface area contributed by atoms with Gasteiger partial charge in [0.1, 0.15) is 6.33 Å². The molecule has 5 nitrogen and oxygen atoms in total. The highest BCUT2D eigenvalue weighted by molar-refractivity contribution is 6.12. The van der Waals surface area contributed by atoms with Gasteiger partial charge < -0.3 is 9.88 Å². The van der Waals surface area contributed by atoms with Gasteiger partial charge in [-0.05, 0) is 12.1 Å². The lowest BCUT2D eigenvalue weighted by Gasteiger charge is -2.07. The first-order valence-electron chi connectivity index (χ1n) is 5.86. The fourth-order valence-electron chi connectivity index (χ4n) is 2.10. The van der Waals surface area contributed by atoms with E-state index >= 15 is 0 Å². The van der Waals surface area contributed by atoms with Crippen LogP contribution in [0.3, 0.4) is 0 Å². The Morgan fingerprint density at radius 1 is 1.21 bits per heavy atom. The zero-order valence-electron chi connectivity index (χ0n) is 10.4. The van der Waals surface area contributed by atoms with Gasteiger partial charge in [0.25, 0.3) is 5.91 Å². The van der Waals surface area contributed by atoms with E-state index in [1.165, 1.54) is 6.33 Å². The highest BCUT2D eigenvalue weighted by Crippen LogP contribution is 2.20. The van der Waals surface area contributed by atoms with Crippen molar-refractivity contribution in [3.63, 3.8) is 0 Å². The van der Waals surface area contributed by atoms with Crippen molar-refractivity contribution in [1.29, 1.82) is 0 Å². The molecule has 1 N–H and O–H groups in total. The molecule has 94 valence electrons. The molecular weight excluding hydrogens is 240 g/mol. The molecule has 0 saturated heterocycles. The topological polar surface area (TPSA) is 59.8 Å². The summed E-state index contributed by atoms with van der Waals surface area (Å²) >= 11 is 0. The molecule has 1 amide bonds. The van der Waals surface area contributed by atoms with Gasteiger partial charge in [0.15, 0.2) is 0 Å². The summed E-state index contributed by atoms with van der Waals surface area (Å²) < 4.78 is 1.94. The van der Waals surface area contributed by atoms with Gasteiger partial charge in [-0.1, -0.05) is 12.1 Å². The van der Waals surface area contributed by atoms with Crippen LogP contribution in [0.2, 0.25) is 0 Å². The van der Waals surface area contributed by atoms with Gasteiger partial charge in [-0.25, -0.2) is 9.97 Å². The number of para-hydroxylation sites is 1. The number of rotatable bonds is 2. The van der Waals surface area contributed by atoms with Gasteiger partial charge in [0.2, 0.25) is 0 Å². The zero-order chi connectivity index (χ0) is 13.2. The van der Waals surface area contributed by atoms with Crippen LogP contribution in [0.15, 0.2) is 49.2 Å². The summed E-state index contributed by atoms with van der Waals surface area (Å²) in [5.74, 6) is -0.165. The molecule has 1 aromatic carbocycles. The lowest BCUT2D eigenvalue weighted by Crippen LogP contribution is -2.13. The number of hydrogen-bond donors (Lipinski definition) is 1. The second kappa shape index (κ2) is 4.53. The van der Waals surface area contributed by atoms with E-state index in [0.717, 1.165) is 10.9 Å². The van der Waals surface area contributed by atoms with Crippen LogP contribution in [0.1, 0.15) is 10.4 Å². The Kier molecular flexibility index (Phi) is 2.72. The van der Waals surface area contributed by atoms with Crippen LogP contribution in [-0.2, 0) is 7.05 Å². The molecule has 0 aliphatic rings. The summed E-state index contributed by atoms with van der Waals surface area (Å²) in [7, 11) is 1.92. The number of fused-ring (bicyclic) bond motifs is 1. The highest BCUT2D eigenvalue weighted by Gasteiger charge is 2.12. The van der Waals surface area contributed by atoms with E-state index in [9.17, 15) is 4.79 Å². The molecule has 0 fully saturated rings. The van der Waals surface area contributed by atoms with E-state index in [1.807, 2.05) is 42.1 Å². The first kappa shape index (κ1) is 11.4. The Bertz CT molecular complexity index is 734. The fraction of sp³-hybridized carbons (Fsp3) is 0.0714. The summed E-state index contributed by atoms with van der Waals surface area (Å²) in [6, 6.07) is 7.65. The first-order chi connectivity index (χ1) is 9.25. The van der Waals surface area contributed by atoms with Crippen LogP contribution in [0.5, 0.6) is 0 Å². The van der Waals surface area contributed by atoms with E-state index in [0.29, 0.717) is 11.3 Å². The Morgan fingerprint density at radius 3 is 2.79 bits per heavy atom. The fourth-order valence-corrected chi connectivity index (χ4v) is 2.10. The van der Waals surface area contributed by atoms with Gasteiger partial charge in [0, 0.05) is 18.6 Å². The molecule has 0 aliphatic carbocycles. The number of carbonyl (C=O) groups excluding carboxylic acids is 1. The van der Waals surface area contributed by atoms with Crippen molar-refractivity contribution in [1.82, 2.24) is 14.5 Å². The maximum Gasteiger partial charge on any atom is 0.257 e. The lowest BCUT2D eigenvalue weighted by atomic mass is 10.1. The zero-order valence-corrected chi connectivity index (χ0v) is 10.4. The molecule has 5 heteroatoms. The maximum absolute atomic E-state index is 12.3. The molecule has 0 atom stereocenters. The van der Waals surface area contributed by atoms with Gasteiger partial charge in [-0.3, -0.25) is 4.79 Å². The first-order valence-corrected chi connectivity index (χ1v) is 5.86. The minimum Gasteiger partial charge on any atom is -0.350 e. The molecule has 0 radical (unpaired) electrons. The summed E-state index contributed by atoms with van der Waals surface area (Å²) in [6.07, 6.45) is 6.49. The molecule has 0 spiro atoms. The number of nitrogens with zero attached hydrogens (tertiary/aromatic N) is 3. The number of amides is 1. The molecule has 0 aliphatic heterocycles. The Labute approximate surface area is 109 Å². The third-order valence-electron chi connectivity index (χ3n) is 2.96. The van der Waals surface area contributed by atoms with E-state index in [2.05, 4.69) is 15.3 Å². The molecule has 0 saturated carbocycles. The summed E-state index contributed by atoms with van der Waals surface area (Å²) in [5.41, 5.74) is 2.13. The monoisotopic (exact) mass is 252 g/mol. The molecule has 0 unspecified atom stereocenters. The number of carbonyl (C=O) groups is 1. The Balaban J connectivity index is 2.00. The van der Waals surface area contributed by atoms with E-state index < -0.39 is 0 Å². The largest absolute Gasteiger partial charge is 0.350 e. The van der Waals surface area contributed by atoms with Crippen LogP contribution in [-0.4, -0.2) is 20.4 Å². The van der Waals surface area contributed by atoms with Crippen LogP contribution < -0.4 is 5.32 Å². The van der Waals surface area contributed by atoms with E-state index in [1.54, 1.807) is 12.4 Å². The lowest BCUT2D eigenvalue weighted by molar-refractivity contribution is 0.102. The number of aromatic nitrogens is 3. The van der Waals surface area contributed by atoms with Crippen LogP contribution in [0.4, 0.5) is 5.69 Å². The second-order valence-corrected chi connectivity index (χ2v) is 4.25. The summed E-state index contributed by atoms with van der Waals surface area (Å²) in [5, 5.41) is 3.83. The van der Waals surface area contributed by atoms with Gasteiger partial charge >= 0.3 is 0 Å². The van der Waals surface area contributed by atoms with Crippen LogP contribution in [0, 0.1) is 0 Å². The minimum atomic E-state index is -0.165. The Morgan fingerprint density at radius 2 is 2.00 bits per heavy atom. The standard InChI is InChI=1S/C14H12N4O/c1-18-6-5-10-3-2-4-12(13(10)18)14(19)17-11-7-15-9-16-8-11/h2-9H,1H3,(H,17,19). The quantitative estimate of drug-likeness (QED) is 0.760. The van der Waals surface area contributed by atoms with Crippen LogP contribution >= 0.6 is 0 Å². The maximum atomic E-state index is 12.3. The number of anilines is 1. The normalized spacial score (nSPS) is 10.6. The minimum absolute atomic E-state index is 0.165. The van der Waals surface area contributed by atoms with Crippen molar-refractivity contribution in [3.05, 3.63) is 54.7 Å². The van der Waals surface area contributed by atoms with Crippen molar-refractivity contribution in [2.75, 3.05) is 5.32 Å². The molecule has 2 aromatic heterocycles. The average Bonchev–Trinajstić information content (AvgIpc) is 2.82. The molecule has 2 heterocycles. The molecule has 0 bridgehead atoms. The third-order valence-corrected chi connectivity index (χ3v) is 2.96. The molecule has 3 aromatic rings. The number of nitrogens with one attached hydrogen (secondary N) is 1. The number of hydrogen-bond acceptors (Lipinski definition) is 3.